The van der Waals surface area contributed by atoms with Gasteiger partial charge in [-0.2, -0.15) is 0 Å². The molecular weight excluding hydrogens is 403 g/mol. The van der Waals surface area contributed by atoms with Crippen molar-refractivity contribution < 1.29 is 13.2 Å². The number of piperidine rings is 1. The normalized spacial score (nSPS) is 16.3. The first-order valence-corrected chi connectivity index (χ1v) is 8.85. The van der Waals surface area contributed by atoms with E-state index in [2.05, 4.69) is 26.0 Å². The Morgan fingerprint density at radius 3 is 2.57 bits per heavy atom. The maximum atomic E-state index is 12.4. The first kappa shape index (κ1) is 19.0. The molecule has 1 aromatic carbocycles. The van der Waals surface area contributed by atoms with Crippen molar-refractivity contribution in [3.63, 3.8) is 0 Å². The van der Waals surface area contributed by atoms with Crippen LogP contribution in [-0.4, -0.2) is 34.7 Å². The number of ether oxygens (including phenoxy) is 1. The van der Waals surface area contributed by atoms with Crippen LogP contribution >= 0.6 is 39.9 Å². The van der Waals surface area contributed by atoms with Gasteiger partial charge in [0, 0.05) is 10.5 Å². The Bertz CT molecular complexity index is 592. The summed E-state index contributed by atoms with van der Waals surface area (Å²) in [5, 5.41) is 3.46. The minimum absolute atomic E-state index is 0. The fraction of sp³-hybridized carbons (Fsp3) is 0.500. The number of halogens is 3. The van der Waals surface area contributed by atoms with Crippen molar-refractivity contribution in [1.29, 1.82) is 0 Å². The van der Waals surface area contributed by atoms with Crippen LogP contribution in [0.3, 0.4) is 0 Å². The summed E-state index contributed by atoms with van der Waals surface area (Å²) in [6.45, 7) is 1.63. The molecule has 1 saturated heterocycles. The van der Waals surface area contributed by atoms with Crippen LogP contribution in [0.2, 0.25) is 5.02 Å². The van der Waals surface area contributed by atoms with Crippen molar-refractivity contribution in [2.24, 2.45) is 0 Å². The van der Waals surface area contributed by atoms with Crippen LogP contribution in [0.25, 0.3) is 0 Å². The van der Waals surface area contributed by atoms with Gasteiger partial charge in [0.25, 0.3) is 0 Å². The molecular formula is C12H17BrCl2N2O3S. The summed E-state index contributed by atoms with van der Waals surface area (Å²) >= 11 is 9.25. The number of hydrogen-bond donors (Lipinski definition) is 2. The van der Waals surface area contributed by atoms with E-state index in [-0.39, 0.29) is 28.4 Å². The van der Waals surface area contributed by atoms with Gasteiger partial charge in [-0.3, -0.25) is 0 Å². The summed E-state index contributed by atoms with van der Waals surface area (Å²) in [6.07, 6.45) is 1.56. The molecule has 0 atom stereocenters. The van der Waals surface area contributed by atoms with Gasteiger partial charge in [0.05, 0.1) is 17.0 Å². The predicted octanol–water partition coefficient (Wildman–Crippen LogP) is 2.56. The number of hydrogen-bond acceptors (Lipinski definition) is 4. The van der Waals surface area contributed by atoms with Crippen molar-refractivity contribution >= 4 is 50.0 Å². The maximum Gasteiger partial charge on any atom is 0.241 e. The van der Waals surface area contributed by atoms with Gasteiger partial charge in [0.15, 0.2) is 0 Å². The molecule has 0 aromatic heterocycles. The van der Waals surface area contributed by atoms with E-state index >= 15 is 0 Å². The lowest BCUT2D eigenvalue weighted by Crippen LogP contribution is -2.42. The zero-order valence-corrected chi connectivity index (χ0v) is 15.3. The second-order valence-corrected chi connectivity index (χ2v) is 7.51. The Morgan fingerprint density at radius 1 is 1.38 bits per heavy atom. The molecule has 0 aliphatic carbocycles. The van der Waals surface area contributed by atoms with E-state index in [1.807, 2.05) is 0 Å². The Hall–Kier alpha value is -0.0500. The van der Waals surface area contributed by atoms with Crippen LogP contribution in [-0.2, 0) is 10.0 Å². The number of sulfonamides is 1. The molecule has 2 rings (SSSR count). The lowest BCUT2D eigenvalue weighted by Gasteiger charge is -2.23. The topological polar surface area (TPSA) is 67.4 Å². The smallest absolute Gasteiger partial charge is 0.241 e. The van der Waals surface area contributed by atoms with Gasteiger partial charge in [0.1, 0.15) is 5.75 Å². The molecule has 1 fully saturated rings. The molecule has 21 heavy (non-hydrogen) atoms. The van der Waals surface area contributed by atoms with E-state index in [0.717, 1.165) is 25.9 Å². The van der Waals surface area contributed by atoms with Crippen LogP contribution in [0.15, 0.2) is 21.5 Å². The monoisotopic (exact) mass is 418 g/mol. The minimum atomic E-state index is -3.60. The second kappa shape index (κ2) is 7.99. The minimum Gasteiger partial charge on any atom is -0.495 e. The van der Waals surface area contributed by atoms with E-state index in [1.54, 1.807) is 6.07 Å². The van der Waals surface area contributed by atoms with E-state index in [9.17, 15) is 8.42 Å². The Balaban J connectivity index is 0.00000220. The molecule has 1 aliphatic heterocycles. The maximum absolute atomic E-state index is 12.4. The summed E-state index contributed by atoms with van der Waals surface area (Å²) in [6, 6.07) is 2.90. The fourth-order valence-electron chi connectivity index (χ4n) is 2.10. The highest BCUT2D eigenvalue weighted by Gasteiger charge is 2.24. The average Bonchev–Trinajstić information content (AvgIpc) is 2.41. The third-order valence-corrected chi connectivity index (χ3v) is 5.93. The third kappa shape index (κ3) is 4.71. The molecule has 0 spiro atoms. The molecule has 0 amide bonds. The van der Waals surface area contributed by atoms with Crippen LogP contribution in [0, 0.1) is 0 Å². The largest absolute Gasteiger partial charge is 0.495 e. The van der Waals surface area contributed by atoms with E-state index in [1.165, 1.54) is 13.2 Å². The molecule has 0 bridgehead atoms. The van der Waals surface area contributed by atoms with Gasteiger partial charge in [-0.1, -0.05) is 11.6 Å². The van der Waals surface area contributed by atoms with E-state index in [4.69, 9.17) is 16.3 Å². The lowest BCUT2D eigenvalue weighted by molar-refractivity contribution is 0.414. The molecule has 0 saturated carbocycles. The summed E-state index contributed by atoms with van der Waals surface area (Å²) in [7, 11) is -2.12. The molecule has 0 radical (unpaired) electrons. The first-order valence-electron chi connectivity index (χ1n) is 6.20. The molecule has 2 N–H and O–H groups in total. The van der Waals surface area contributed by atoms with E-state index in [0.29, 0.717) is 10.2 Å². The zero-order chi connectivity index (χ0) is 14.8. The Morgan fingerprint density at radius 2 is 2.00 bits per heavy atom. The molecule has 120 valence electrons. The van der Waals surface area contributed by atoms with Gasteiger partial charge in [-0.05, 0) is 54.0 Å². The Labute approximate surface area is 144 Å². The zero-order valence-electron chi connectivity index (χ0n) is 11.4. The number of nitrogens with one attached hydrogen (secondary N) is 2. The molecule has 1 aliphatic rings. The summed E-state index contributed by atoms with van der Waals surface area (Å²) in [5.74, 6) is 0.430. The lowest BCUT2D eigenvalue weighted by atomic mass is 10.1. The summed E-state index contributed by atoms with van der Waals surface area (Å²) in [5.41, 5.74) is 0. The molecule has 9 heteroatoms. The van der Waals surface area contributed by atoms with Crippen molar-refractivity contribution in [2.75, 3.05) is 20.2 Å². The quantitative estimate of drug-likeness (QED) is 0.786. The molecule has 1 heterocycles. The van der Waals surface area contributed by atoms with Crippen molar-refractivity contribution in [1.82, 2.24) is 10.0 Å². The summed E-state index contributed by atoms with van der Waals surface area (Å²) < 4.78 is 33.0. The summed E-state index contributed by atoms with van der Waals surface area (Å²) in [4.78, 5) is 0.127. The molecule has 5 nitrogen and oxygen atoms in total. The van der Waals surface area contributed by atoms with Gasteiger partial charge in [-0.25, -0.2) is 13.1 Å². The molecule has 1 aromatic rings. The highest BCUT2D eigenvalue weighted by atomic mass is 79.9. The van der Waals surface area contributed by atoms with Crippen molar-refractivity contribution in [3.05, 3.63) is 21.6 Å². The highest BCUT2D eigenvalue weighted by molar-refractivity contribution is 9.10. The predicted molar refractivity (Wildman–Crippen MR) is 89.2 cm³/mol. The number of benzene rings is 1. The van der Waals surface area contributed by atoms with Crippen LogP contribution in [0.4, 0.5) is 0 Å². The second-order valence-electron chi connectivity index (χ2n) is 4.56. The van der Waals surface area contributed by atoms with Gasteiger partial charge in [0.2, 0.25) is 10.0 Å². The fourth-order valence-corrected chi connectivity index (χ4v) is 4.75. The third-order valence-electron chi connectivity index (χ3n) is 3.16. The van der Waals surface area contributed by atoms with Gasteiger partial charge < -0.3 is 10.1 Å². The van der Waals surface area contributed by atoms with Crippen LogP contribution < -0.4 is 14.8 Å². The average molecular weight is 420 g/mol. The van der Waals surface area contributed by atoms with Gasteiger partial charge >= 0.3 is 0 Å². The van der Waals surface area contributed by atoms with Crippen LogP contribution in [0.5, 0.6) is 5.75 Å². The SMILES string of the molecule is COc1cc(Br)c(S(=O)(=O)NC2CCNCC2)cc1Cl.Cl. The standard InChI is InChI=1S/C12H16BrClN2O3S.ClH/c1-19-11-6-9(13)12(7-10(11)14)20(17,18)16-8-2-4-15-5-3-8;/h6-8,15-16H,2-5H2,1H3;1H. The Kier molecular flexibility index (Phi) is 7.23. The molecule has 0 unspecified atom stereocenters. The number of rotatable bonds is 4. The van der Waals surface area contributed by atoms with E-state index < -0.39 is 10.0 Å². The van der Waals surface area contributed by atoms with Crippen molar-refractivity contribution in [3.8, 4) is 5.75 Å². The van der Waals surface area contributed by atoms with Crippen LogP contribution in [0.1, 0.15) is 12.8 Å². The first-order chi connectivity index (χ1) is 9.44. The highest BCUT2D eigenvalue weighted by Crippen LogP contribution is 2.33. The van der Waals surface area contributed by atoms with Gasteiger partial charge in [-0.15, -0.1) is 12.4 Å². The van der Waals surface area contributed by atoms with Crippen molar-refractivity contribution in [2.45, 2.75) is 23.8 Å². The number of methoxy groups -OCH3 is 1.